The van der Waals surface area contributed by atoms with Crippen LogP contribution in [-0.4, -0.2) is 21.1 Å². The Morgan fingerprint density at radius 1 is 0.609 bits per heavy atom. The first-order valence-electron chi connectivity index (χ1n) is 19.0. The quantitative estimate of drug-likeness (QED) is 0.0719. The third-order valence-electron chi connectivity index (χ3n) is 9.59. The van der Waals surface area contributed by atoms with Gasteiger partial charge in [-0.3, -0.25) is 0 Å². The van der Waals surface area contributed by atoms with Crippen molar-refractivity contribution in [3.63, 3.8) is 0 Å². The van der Waals surface area contributed by atoms with Gasteiger partial charge in [-0.2, -0.15) is 0 Å². The molecule has 2 aromatic heterocycles. The highest BCUT2D eigenvalue weighted by Gasteiger charge is 2.17. The molecule has 0 bridgehead atoms. The smallest absolute Gasteiger partial charge is 0.152 e. The van der Waals surface area contributed by atoms with E-state index in [1.165, 1.54) is 120 Å². The van der Waals surface area contributed by atoms with Gasteiger partial charge in [-0.05, 0) is 36.6 Å². The molecule has 3 N–H and O–H groups in total. The minimum absolute atomic E-state index is 0.520. The van der Waals surface area contributed by atoms with E-state index >= 15 is 0 Å². The summed E-state index contributed by atoms with van der Waals surface area (Å²) >= 11 is 0. The van der Waals surface area contributed by atoms with Crippen molar-refractivity contribution in [1.29, 1.82) is 0 Å². The van der Waals surface area contributed by atoms with Crippen molar-refractivity contribution in [3.8, 4) is 0 Å². The number of unbranched alkanes of at least 4 members (excludes halogenated alkanes) is 17. The lowest BCUT2D eigenvalue weighted by atomic mass is 10.0. The molecule has 2 aromatic carbocycles. The van der Waals surface area contributed by atoms with Crippen molar-refractivity contribution in [2.24, 2.45) is 0 Å². The number of benzene rings is 2. The van der Waals surface area contributed by atoms with Gasteiger partial charge >= 0.3 is 0 Å². The Kier molecular flexibility index (Phi) is 16.4. The normalized spacial score (nSPS) is 11.7. The van der Waals surface area contributed by atoms with Crippen LogP contribution in [0.15, 0.2) is 48.5 Å². The number of imidazole rings is 1. The topological polar surface area (TPSA) is 68.8 Å². The van der Waals surface area contributed by atoms with Crippen LogP contribution in [0, 0.1) is 0 Å². The molecule has 4 rings (SSSR count). The second-order valence-corrected chi connectivity index (χ2v) is 13.6. The zero-order valence-corrected chi connectivity index (χ0v) is 29.3. The molecule has 0 aliphatic carbocycles. The summed E-state index contributed by atoms with van der Waals surface area (Å²) in [4.78, 5) is 9.63. The third kappa shape index (κ3) is 11.7. The molecule has 2 heterocycles. The van der Waals surface area contributed by atoms with Gasteiger partial charge in [0.25, 0.3) is 0 Å². The number of nitrogens with zero attached hydrogens (tertiary/aromatic N) is 3. The van der Waals surface area contributed by atoms with Crippen LogP contribution in [0.2, 0.25) is 0 Å². The first-order valence-corrected chi connectivity index (χ1v) is 19.0. The molecular formula is C41H63N5. The van der Waals surface area contributed by atoms with Crippen LogP contribution in [0.5, 0.6) is 0 Å². The Morgan fingerprint density at radius 2 is 1.15 bits per heavy atom. The number of aromatic nitrogens is 3. The van der Waals surface area contributed by atoms with Crippen molar-refractivity contribution in [2.75, 3.05) is 12.3 Å². The number of fused-ring (bicyclic) bond motifs is 3. The molecule has 0 amide bonds. The predicted octanol–water partition coefficient (Wildman–Crippen LogP) is 11.3. The molecule has 0 aliphatic heterocycles. The maximum atomic E-state index is 6.39. The van der Waals surface area contributed by atoms with Crippen LogP contribution in [0.4, 0.5) is 5.82 Å². The van der Waals surface area contributed by atoms with Gasteiger partial charge in [0.15, 0.2) is 5.82 Å². The highest BCUT2D eigenvalue weighted by atomic mass is 15.1. The summed E-state index contributed by atoms with van der Waals surface area (Å²) in [5, 5.41) is 4.78. The van der Waals surface area contributed by atoms with Gasteiger partial charge in [0.2, 0.25) is 0 Å². The van der Waals surface area contributed by atoms with Crippen molar-refractivity contribution in [1.82, 2.24) is 19.9 Å². The highest BCUT2D eigenvalue weighted by Crippen LogP contribution is 2.30. The maximum absolute atomic E-state index is 6.39. The minimum atomic E-state index is 0.520. The average Bonchev–Trinajstić information content (AvgIpc) is 3.44. The van der Waals surface area contributed by atoms with Crippen LogP contribution in [0.1, 0.15) is 153 Å². The second-order valence-electron chi connectivity index (χ2n) is 13.6. The summed E-state index contributed by atoms with van der Waals surface area (Å²) in [5.41, 5.74) is 11.9. The lowest BCUT2D eigenvalue weighted by molar-refractivity contribution is 0.523. The van der Waals surface area contributed by atoms with E-state index in [4.69, 9.17) is 10.7 Å². The number of nitrogen functional groups attached to an aromatic ring is 1. The lowest BCUT2D eigenvalue weighted by Crippen LogP contribution is -2.14. The first-order chi connectivity index (χ1) is 22.7. The molecule has 46 heavy (non-hydrogen) atoms. The van der Waals surface area contributed by atoms with Crippen LogP contribution >= 0.6 is 0 Å². The summed E-state index contributed by atoms with van der Waals surface area (Å²) < 4.78 is 2.37. The van der Waals surface area contributed by atoms with Gasteiger partial charge in [0.05, 0.1) is 11.0 Å². The van der Waals surface area contributed by atoms with E-state index in [2.05, 4.69) is 65.1 Å². The molecule has 0 radical (unpaired) electrons. The molecule has 5 heteroatoms. The summed E-state index contributed by atoms with van der Waals surface area (Å²) in [6.07, 6.45) is 27.3. The molecule has 0 unspecified atom stereocenters. The van der Waals surface area contributed by atoms with Crippen LogP contribution in [0.3, 0.4) is 0 Å². The molecule has 0 spiro atoms. The molecule has 0 fully saturated rings. The van der Waals surface area contributed by atoms with Crippen LogP contribution in [0.25, 0.3) is 21.9 Å². The molecular weight excluding hydrogens is 562 g/mol. The molecule has 0 saturated heterocycles. The van der Waals surface area contributed by atoms with Gasteiger partial charge < -0.3 is 15.6 Å². The fraction of sp³-hybridized carbons (Fsp3) is 0.610. The zero-order valence-electron chi connectivity index (χ0n) is 29.3. The maximum Gasteiger partial charge on any atom is 0.152 e. The Hall–Kier alpha value is -2.92. The Balaban J connectivity index is 1.09. The Labute approximate surface area is 280 Å². The molecule has 5 nitrogen and oxygen atoms in total. The van der Waals surface area contributed by atoms with E-state index in [1.807, 2.05) is 12.1 Å². The number of anilines is 1. The van der Waals surface area contributed by atoms with Crippen LogP contribution < -0.4 is 11.1 Å². The van der Waals surface area contributed by atoms with Crippen molar-refractivity contribution in [2.45, 2.75) is 155 Å². The lowest BCUT2D eigenvalue weighted by Gasteiger charge is -2.12. The molecule has 4 aromatic rings. The number of pyridine rings is 1. The number of aryl methyl sites for hydroxylation is 1. The molecule has 0 atom stereocenters. The Morgan fingerprint density at radius 3 is 1.76 bits per heavy atom. The summed E-state index contributed by atoms with van der Waals surface area (Å²) in [5.74, 6) is 1.62. The molecule has 0 saturated carbocycles. The number of rotatable bonds is 25. The van der Waals surface area contributed by atoms with Gasteiger partial charge in [-0.15, -0.1) is 0 Å². The average molecular weight is 626 g/mol. The van der Waals surface area contributed by atoms with Gasteiger partial charge in [0, 0.05) is 24.9 Å². The summed E-state index contributed by atoms with van der Waals surface area (Å²) in [7, 11) is 0. The van der Waals surface area contributed by atoms with E-state index in [0.29, 0.717) is 5.82 Å². The standard InChI is InChI=1S/C41H63N5/c1-3-5-7-8-9-10-11-12-13-14-15-16-17-18-19-20-23-31-43-32-34-27-29-35(30-28-34)33-46-38(26-6-4-2)45-39-40(46)36-24-21-22-25-37(36)44-41(39)42/h21-22,24-25,27-30,43H,3-20,23,26,31-33H2,1-2H3,(H2,42,44). The summed E-state index contributed by atoms with van der Waals surface area (Å²) in [6, 6.07) is 17.4. The van der Waals surface area contributed by atoms with Crippen LogP contribution in [-0.2, 0) is 19.5 Å². The number of hydrogen-bond acceptors (Lipinski definition) is 4. The number of nitrogens with two attached hydrogens (primary N) is 1. The number of nitrogens with one attached hydrogen (secondary N) is 1. The summed E-state index contributed by atoms with van der Waals surface area (Å²) in [6.45, 7) is 7.35. The third-order valence-corrected chi connectivity index (χ3v) is 9.59. The second kappa shape index (κ2) is 21.1. The Bertz CT molecular complexity index is 1390. The predicted molar refractivity (Wildman–Crippen MR) is 199 cm³/mol. The van der Waals surface area contributed by atoms with E-state index in [1.54, 1.807) is 0 Å². The largest absolute Gasteiger partial charge is 0.382 e. The number of hydrogen-bond donors (Lipinski definition) is 2. The fourth-order valence-corrected chi connectivity index (χ4v) is 6.75. The van der Waals surface area contributed by atoms with E-state index in [-0.39, 0.29) is 0 Å². The zero-order chi connectivity index (χ0) is 32.2. The molecule has 0 aliphatic rings. The minimum Gasteiger partial charge on any atom is -0.382 e. The first kappa shape index (κ1) is 35.9. The van der Waals surface area contributed by atoms with Crippen molar-refractivity contribution < 1.29 is 0 Å². The SMILES string of the molecule is CCCCCCCCCCCCCCCCCCCNCc1ccc(Cn2c(CCCC)nc3c(N)nc4ccccc4c32)cc1. The number of para-hydroxylation sites is 1. The van der Waals surface area contributed by atoms with Crippen molar-refractivity contribution in [3.05, 3.63) is 65.5 Å². The fourth-order valence-electron chi connectivity index (χ4n) is 6.75. The highest BCUT2D eigenvalue weighted by molar-refractivity contribution is 6.06. The van der Waals surface area contributed by atoms with Gasteiger partial charge in [0.1, 0.15) is 11.3 Å². The van der Waals surface area contributed by atoms with Crippen molar-refractivity contribution >= 4 is 27.8 Å². The van der Waals surface area contributed by atoms with E-state index in [9.17, 15) is 0 Å². The van der Waals surface area contributed by atoms with Gasteiger partial charge in [-0.25, -0.2) is 9.97 Å². The molecule has 252 valence electrons. The van der Waals surface area contributed by atoms with E-state index in [0.717, 1.165) is 66.7 Å². The van der Waals surface area contributed by atoms with E-state index < -0.39 is 0 Å². The monoisotopic (exact) mass is 626 g/mol. The van der Waals surface area contributed by atoms with Gasteiger partial charge in [-0.1, -0.05) is 165 Å².